The maximum atomic E-state index is 6.62. The summed E-state index contributed by atoms with van der Waals surface area (Å²) in [6.07, 6.45) is 0. The Morgan fingerprint density at radius 2 is 0.541 bits per heavy atom. The zero-order valence-corrected chi connectivity index (χ0v) is 39.9. The Bertz CT molecular complexity index is 4260. The summed E-state index contributed by atoms with van der Waals surface area (Å²) in [5, 5.41) is 0. The number of rotatable bonds is 8. The Morgan fingerprint density at radius 3 is 0.851 bits per heavy atom. The minimum Gasteiger partial charge on any atom is -0.457 e. The van der Waals surface area contributed by atoms with E-state index >= 15 is 0 Å². The van der Waals surface area contributed by atoms with Gasteiger partial charge in [-0.2, -0.15) is 0 Å². The molecule has 0 N–H and O–H groups in total. The molecular formula is C62H44N8O4+4. The number of aryl methyl sites for hydroxylation is 4. The van der Waals surface area contributed by atoms with Crippen molar-refractivity contribution in [3.05, 3.63) is 237 Å². The number of hydrogen-bond donors (Lipinski definition) is 0. The first-order valence-corrected chi connectivity index (χ1v) is 24.3. The molecular weight excluding hydrogens is 921 g/mol. The summed E-state index contributed by atoms with van der Waals surface area (Å²) < 4.78 is 35.6. The van der Waals surface area contributed by atoms with Gasteiger partial charge in [0, 0.05) is 0 Å². The second-order valence-corrected chi connectivity index (χ2v) is 19.5. The normalized spacial score (nSPS) is 17.8. The van der Waals surface area contributed by atoms with Gasteiger partial charge in [0.1, 0.15) is 46.0 Å². The van der Waals surface area contributed by atoms with Crippen LogP contribution in [0.1, 0.15) is 74.2 Å². The largest absolute Gasteiger partial charge is 0.491 e. The predicted molar refractivity (Wildman–Crippen MR) is 284 cm³/mol. The molecule has 8 aliphatic rings. The molecule has 0 amide bonds. The molecule has 8 aliphatic heterocycles. The van der Waals surface area contributed by atoms with Crippen molar-refractivity contribution in [3.8, 4) is 46.0 Å². The fourth-order valence-corrected chi connectivity index (χ4v) is 11.5. The highest BCUT2D eigenvalue weighted by atomic mass is 16.5. The second kappa shape index (κ2) is 14.9. The minimum atomic E-state index is -1.27. The minimum absolute atomic E-state index is 0. The van der Waals surface area contributed by atoms with Gasteiger partial charge in [-0.25, -0.2) is 0 Å². The van der Waals surface area contributed by atoms with Crippen LogP contribution in [0.4, 0.5) is 0 Å². The van der Waals surface area contributed by atoms with Crippen LogP contribution < -0.4 is 18.9 Å². The standard InChI is InChI=1S/C61H40N8O4.CH4/c1-33-9-5-13-37(25-33)70-41-17-21-45-49(29-41)57-63-55-47-23-19-42(71-38-14-6-10-34(2)26-38)30-50(47)58-64-56-48-24-20-44(73-40-16-8-12-36(4)28-40)32-52(48)60-65-59-51-31-43(72-39-15-7-11-35(3)27-39)18-22-46(51)54-62-53(45)66(57)61(67(54)59,68(55)58)69(56)60;/h5-32H,1-4H3;1H4/q+4;/t61-;/m1./s1. The maximum absolute atomic E-state index is 6.62. The molecule has 0 fully saturated rings. The van der Waals surface area contributed by atoms with E-state index in [1.54, 1.807) is 0 Å². The molecule has 1 atom stereocenters. The van der Waals surface area contributed by atoms with Gasteiger partial charge in [0.2, 0.25) is 0 Å². The van der Waals surface area contributed by atoms with Crippen LogP contribution in [0.5, 0.6) is 46.0 Å². The molecule has 0 saturated heterocycles. The average Bonchev–Trinajstić information content (AvgIpc) is 4.08. The topological polar surface area (TPSA) is 98.4 Å². The van der Waals surface area contributed by atoms with E-state index in [4.69, 9.17) is 38.9 Å². The van der Waals surface area contributed by atoms with Gasteiger partial charge < -0.3 is 18.9 Å². The highest BCUT2D eigenvalue weighted by Crippen LogP contribution is 2.49. The van der Waals surface area contributed by atoms with Gasteiger partial charge in [0.05, 0.1) is 44.5 Å². The van der Waals surface area contributed by atoms with E-state index in [-0.39, 0.29) is 7.43 Å². The van der Waals surface area contributed by atoms with E-state index in [0.717, 1.165) is 125 Å². The highest BCUT2D eigenvalue weighted by Gasteiger charge is 2.78. The van der Waals surface area contributed by atoms with Crippen LogP contribution in [-0.4, -0.2) is 70.9 Å². The molecule has 0 unspecified atom stereocenters. The van der Waals surface area contributed by atoms with Gasteiger partial charge in [0.25, 0.3) is 46.7 Å². The lowest BCUT2D eigenvalue weighted by Crippen LogP contribution is -2.76. The van der Waals surface area contributed by atoms with Crippen molar-refractivity contribution in [3.63, 3.8) is 0 Å². The lowest BCUT2D eigenvalue weighted by molar-refractivity contribution is -1.06. The smallest absolute Gasteiger partial charge is 0.457 e. The molecule has 8 aromatic rings. The summed E-state index contributed by atoms with van der Waals surface area (Å²) in [6.45, 7) is 8.26. The first kappa shape index (κ1) is 42.0. The molecule has 8 heterocycles. The van der Waals surface area contributed by atoms with Gasteiger partial charge in [-0.1, -0.05) is 75.9 Å². The number of aliphatic imine (C=N–C) groups is 4. The van der Waals surface area contributed by atoms with Crippen molar-refractivity contribution in [2.45, 2.75) is 41.0 Å². The zero-order chi connectivity index (χ0) is 48.4. The molecule has 0 radical (unpaired) electrons. The summed E-state index contributed by atoms with van der Waals surface area (Å²) in [5.41, 5.74) is 11.7. The third-order valence-electron chi connectivity index (χ3n) is 14.5. The summed E-state index contributed by atoms with van der Waals surface area (Å²) in [5.74, 6) is 10.3. The summed E-state index contributed by atoms with van der Waals surface area (Å²) in [4.78, 5) is 22.8. The summed E-state index contributed by atoms with van der Waals surface area (Å²) >= 11 is 0. The molecule has 74 heavy (non-hydrogen) atoms. The first-order chi connectivity index (χ1) is 35.7. The highest BCUT2D eigenvalue weighted by molar-refractivity contribution is 6.30. The van der Waals surface area contributed by atoms with Crippen molar-refractivity contribution >= 4 is 46.7 Å². The average molecular weight is 965 g/mol. The fourth-order valence-electron chi connectivity index (χ4n) is 11.5. The third kappa shape index (κ3) is 5.72. The molecule has 0 saturated carbocycles. The summed E-state index contributed by atoms with van der Waals surface area (Å²) in [6, 6.07) is 57.3. The van der Waals surface area contributed by atoms with E-state index in [2.05, 4.69) is 119 Å². The van der Waals surface area contributed by atoms with Gasteiger partial charge in [0.15, 0.2) is 0 Å². The number of benzene rings is 8. The molecule has 12 heteroatoms. The van der Waals surface area contributed by atoms with Crippen molar-refractivity contribution < 1.29 is 37.2 Å². The van der Waals surface area contributed by atoms with Crippen molar-refractivity contribution in [1.29, 1.82) is 0 Å². The van der Waals surface area contributed by atoms with Gasteiger partial charge in [-0.15, -0.1) is 18.3 Å². The Labute approximate surface area is 425 Å². The molecule has 12 nitrogen and oxygen atoms in total. The molecule has 0 aliphatic carbocycles. The van der Waals surface area contributed by atoms with E-state index in [0.29, 0.717) is 34.7 Å². The van der Waals surface area contributed by atoms with Crippen molar-refractivity contribution in [2.75, 3.05) is 0 Å². The number of ether oxygens (including phenoxy) is 4. The van der Waals surface area contributed by atoms with Crippen molar-refractivity contribution in [1.82, 2.24) is 0 Å². The number of fused-ring (bicyclic) bond motifs is 12. The number of hydrogen-bond acceptors (Lipinski definition) is 8. The number of nitrogens with zero attached hydrogens (tertiary/aromatic N) is 8. The lowest BCUT2D eigenvalue weighted by atomic mass is 10.1. The van der Waals surface area contributed by atoms with E-state index < -0.39 is 5.91 Å². The van der Waals surface area contributed by atoms with Crippen LogP contribution in [0.15, 0.2) is 190 Å². The fraction of sp³-hybridized carbons (Fsp3) is 0.0968. The number of amidine groups is 8. The first-order valence-electron chi connectivity index (χ1n) is 24.3. The third-order valence-corrected chi connectivity index (χ3v) is 14.5. The molecule has 0 aromatic heterocycles. The van der Waals surface area contributed by atoms with Crippen LogP contribution in [0.25, 0.3) is 0 Å². The lowest BCUT2D eigenvalue weighted by Gasteiger charge is -2.38. The Morgan fingerprint density at radius 1 is 0.284 bits per heavy atom. The van der Waals surface area contributed by atoms with Gasteiger partial charge in [-0.3, -0.25) is 0 Å². The van der Waals surface area contributed by atoms with E-state index in [1.807, 2.05) is 97.1 Å². The molecule has 16 rings (SSSR count). The van der Waals surface area contributed by atoms with Crippen LogP contribution in [0.2, 0.25) is 0 Å². The van der Waals surface area contributed by atoms with E-state index in [9.17, 15) is 0 Å². The molecule has 0 bridgehead atoms. The molecule has 1 spiro atoms. The van der Waals surface area contributed by atoms with Crippen molar-refractivity contribution in [2.24, 2.45) is 20.0 Å². The Balaban J connectivity index is 0.00000484. The Hall–Kier alpha value is -9.68. The van der Waals surface area contributed by atoms with Crippen LogP contribution in [0, 0.1) is 27.7 Å². The molecule has 352 valence electrons. The zero-order valence-electron chi connectivity index (χ0n) is 39.9. The van der Waals surface area contributed by atoms with Crippen LogP contribution in [0.3, 0.4) is 0 Å². The SMILES string of the molecule is C.Cc1cccc(Oc2ccc3c(c2)C2=NC4=[N+]5C(=NC6=[N+]7C(=NC8=[N+]9C(=NC3=[N+]2[C@]597)c2ccc(Oc3cccc(C)c3)cc28)c2ccc(Oc3cccc(C)c3)cc26)c2ccc(Oc3cccc(C)c3)cc24)c1. The predicted octanol–water partition coefficient (Wildman–Crippen LogP) is 11.6. The quantitative estimate of drug-likeness (QED) is 0.142. The summed E-state index contributed by atoms with van der Waals surface area (Å²) in [7, 11) is 0. The van der Waals surface area contributed by atoms with Gasteiger partial charge in [-0.05, 0) is 171 Å². The molecule has 8 aromatic carbocycles. The second-order valence-electron chi connectivity index (χ2n) is 19.5. The monoisotopic (exact) mass is 964 g/mol. The van der Waals surface area contributed by atoms with Crippen LogP contribution in [-0.2, 0) is 0 Å². The maximum Gasteiger partial charge on any atom is 0.491 e. The van der Waals surface area contributed by atoms with E-state index in [1.165, 1.54) is 0 Å². The Kier molecular flexibility index (Phi) is 8.49. The van der Waals surface area contributed by atoms with Crippen LogP contribution >= 0.6 is 0 Å². The van der Waals surface area contributed by atoms with Gasteiger partial charge >= 0.3 is 5.91 Å².